The number of nitrogens with zero attached hydrogens (tertiary/aromatic N) is 4. The third kappa shape index (κ3) is 3.16. The van der Waals surface area contributed by atoms with Gasteiger partial charge in [-0.3, -0.25) is 4.98 Å². The van der Waals surface area contributed by atoms with E-state index < -0.39 is 0 Å². The lowest BCUT2D eigenvalue weighted by atomic mass is 10.2. The van der Waals surface area contributed by atoms with E-state index in [1.807, 2.05) is 43.6 Å². The zero-order valence-electron chi connectivity index (χ0n) is 15.0. The molecule has 0 aliphatic heterocycles. The van der Waals surface area contributed by atoms with Crippen molar-refractivity contribution in [2.24, 2.45) is 0 Å². The Kier molecular flexibility index (Phi) is 4.35. The number of hydrogen-bond acceptors (Lipinski definition) is 4. The zero-order valence-corrected chi connectivity index (χ0v) is 15.0. The summed E-state index contributed by atoms with van der Waals surface area (Å²) in [5.41, 5.74) is 5.12. The highest BCUT2D eigenvalue weighted by Gasteiger charge is 2.12. The summed E-state index contributed by atoms with van der Waals surface area (Å²) >= 11 is 0. The van der Waals surface area contributed by atoms with Crippen molar-refractivity contribution in [3.63, 3.8) is 0 Å². The highest BCUT2D eigenvalue weighted by atomic mass is 15.1. The molecule has 0 saturated carbocycles. The van der Waals surface area contributed by atoms with Crippen molar-refractivity contribution in [1.82, 2.24) is 19.5 Å². The molecule has 1 N–H and O–H groups in total. The second-order valence-electron chi connectivity index (χ2n) is 6.32. The molecule has 1 aromatic carbocycles. The molecule has 0 aliphatic rings. The molecular formula is C21H21N5. The first-order chi connectivity index (χ1) is 12.7. The van der Waals surface area contributed by atoms with E-state index in [-0.39, 0.29) is 0 Å². The molecule has 4 aromatic rings. The predicted octanol–water partition coefficient (Wildman–Crippen LogP) is 4.96. The number of hydrogen-bond donors (Lipinski definition) is 1. The number of para-hydroxylation sites is 2. The van der Waals surface area contributed by atoms with E-state index in [0.717, 1.165) is 52.6 Å². The van der Waals surface area contributed by atoms with Crippen LogP contribution in [0.25, 0.3) is 22.4 Å². The molecule has 0 aliphatic carbocycles. The number of fused-ring (bicyclic) bond motifs is 1. The minimum atomic E-state index is 0.789. The Morgan fingerprint density at radius 3 is 2.58 bits per heavy atom. The summed E-state index contributed by atoms with van der Waals surface area (Å²) in [6.07, 6.45) is 4.74. The van der Waals surface area contributed by atoms with E-state index in [0.29, 0.717) is 0 Å². The Morgan fingerprint density at radius 1 is 0.962 bits per heavy atom. The molecule has 0 saturated heterocycles. The van der Waals surface area contributed by atoms with E-state index in [9.17, 15) is 0 Å². The molecule has 0 amide bonds. The van der Waals surface area contributed by atoms with Crippen molar-refractivity contribution in [3.05, 3.63) is 66.6 Å². The molecule has 26 heavy (non-hydrogen) atoms. The van der Waals surface area contributed by atoms with Crippen LogP contribution in [-0.4, -0.2) is 19.5 Å². The predicted molar refractivity (Wildman–Crippen MR) is 106 cm³/mol. The van der Waals surface area contributed by atoms with E-state index >= 15 is 0 Å². The monoisotopic (exact) mass is 343 g/mol. The van der Waals surface area contributed by atoms with E-state index in [1.54, 1.807) is 0 Å². The summed E-state index contributed by atoms with van der Waals surface area (Å²) in [5.74, 6) is 1.75. The first kappa shape index (κ1) is 16.3. The second kappa shape index (κ2) is 6.96. The first-order valence-corrected chi connectivity index (χ1v) is 8.86. The third-order valence-corrected chi connectivity index (χ3v) is 4.31. The van der Waals surface area contributed by atoms with Crippen molar-refractivity contribution in [3.8, 4) is 11.4 Å². The van der Waals surface area contributed by atoms with Gasteiger partial charge in [-0.25, -0.2) is 9.97 Å². The summed E-state index contributed by atoms with van der Waals surface area (Å²) in [5, 5.41) is 3.28. The highest BCUT2D eigenvalue weighted by Crippen LogP contribution is 2.26. The van der Waals surface area contributed by atoms with Gasteiger partial charge < -0.3 is 9.88 Å². The molecule has 0 atom stereocenters. The molecule has 3 heterocycles. The SMILES string of the molecule is CCCn1c(-c2ccc(Nc3ccc(C)nc3)nc2)nc2ccccc21. The maximum absolute atomic E-state index is 4.82. The van der Waals surface area contributed by atoms with Crippen molar-refractivity contribution in [2.75, 3.05) is 5.32 Å². The average Bonchev–Trinajstić information content (AvgIpc) is 3.03. The standard InChI is InChI=1S/C21H21N5/c1-3-12-26-19-7-5-4-6-18(19)25-21(26)16-9-11-20(23-13-16)24-17-10-8-15(2)22-14-17/h4-11,13-14H,3,12H2,1-2H3,(H,23,24). The van der Waals surface area contributed by atoms with E-state index in [2.05, 4.69) is 51.0 Å². The number of nitrogens with one attached hydrogen (secondary N) is 1. The zero-order chi connectivity index (χ0) is 17.9. The fraction of sp³-hybridized carbons (Fsp3) is 0.190. The minimum Gasteiger partial charge on any atom is -0.339 e. The van der Waals surface area contributed by atoms with Gasteiger partial charge in [0.25, 0.3) is 0 Å². The summed E-state index contributed by atoms with van der Waals surface area (Å²) in [6.45, 7) is 5.09. The topological polar surface area (TPSA) is 55.6 Å². The lowest BCUT2D eigenvalue weighted by Gasteiger charge is -2.09. The van der Waals surface area contributed by atoms with Crippen LogP contribution in [0.5, 0.6) is 0 Å². The molecular weight excluding hydrogens is 322 g/mol. The van der Waals surface area contributed by atoms with Crippen molar-refractivity contribution in [2.45, 2.75) is 26.8 Å². The van der Waals surface area contributed by atoms with Crippen LogP contribution in [0.1, 0.15) is 19.0 Å². The normalized spacial score (nSPS) is 11.0. The van der Waals surface area contributed by atoms with Crippen molar-refractivity contribution in [1.29, 1.82) is 0 Å². The minimum absolute atomic E-state index is 0.789. The summed E-state index contributed by atoms with van der Waals surface area (Å²) < 4.78 is 2.27. The Bertz CT molecular complexity index is 1020. The Hall–Kier alpha value is -3.21. The van der Waals surface area contributed by atoms with Gasteiger partial charge in [-0.1, -0.05) is 19.1 Å². The number of anilines is 2. The van der Waals surface area contributed by atoms with Gasteiger partial charge in [0.15, 0.2) is 0 Å². The maximum Gasteiger partial charge on any atom is 0.142 e. The summed E-state index contributed by atoms with van der Waals surface area (Å²) in [6, 6.07) is 16.3. The van der Waals surface area contributed by atoms with Crippen molar-refractivity contribution < 1.29 is 0 Å². The summed E-state index contributed by atoms with van der Waals surface area (Å²) in [7, 11) is 0. The highest BCUT2D eigenvalue weighted by molar-refractivity contribution is 5.80. The smallest absolute Gasteiger partial charge is 0.142 e. The van der Waals surface area contributed by atoms with Gasteiger partial charge in [0, 0.05) is 24.0 Å². The number of benzene rings is 1. The average molecular weight is 343 g/mol. The molecule has 0 fully saturated rings. The largest absolute Gasteiger partial charge is 0.339 e. The fourth-order valence-electron chi connectivity index (χ4n) is 3.04. The maximum atomic E-state index is 4.82. The number of aryl methyl sites for hydroxylation is 2. The number of rotatable bonds is 5. The molecule has 5 nitrogen and oxygen atoms in total. The van der Waals surface area contributed by atoms with Crippen LogP contribution >= 0.6 is 0 Å². The molecule has 130 valence electrons. The Balaban J connectivity index is 1.65. The van der Waals surface area contributed by atoms with Crippen LogP contribution in [0.2, 0.25) is 0 Å². The van der Waals surface area contributed by atoms with Crippen LogP contribution in [-0.2, 0) is 6.54 Å². The van der Waals surface area contributed by atoms with Gasteiger partial charge in [-0.15, -0.1) is 0 Å². The lowest BCUT2D eigenvalue weighted by Crippen LogP contribution is -2.00. The van der Waals surface area contributed by atoms with E-state index in [1.165, 1.54) is 0 Å². The number of imidazole rings is 1. The Morgan fingerprint density at radius 2 is 1.85 bits per heavy atom. The van der Waals surface area contributed by atoms with Crippen LogP contribution < -0.4 is 5.32 Å². The van der Waals surface area contributed by atoms with Crippen LogP contribution in [0.3, 0.4) is 0 Å². The molecule has 5 heteroatoms. The lowest BCUT2D eigenvalue weighted by molar-refractivity contribution is 0.704. The fourth-order valence-corrected chi connectivity index (χ4v) is 3.04. The Labute approximate surface area is 152 Å². The molecule has 3 aromatic heterocycles. The van der Waals surface area contributed by atoms with Gasteiger partial charge in [0.1, 0.15) is 11.6 Å². The second-order valence-corrected chi connectivity index (χ2v) is 6.32. The van der Waals surface area contributed by atoms with Gasteiger partial charge in [-0.2, -0.15) is 0 Å². The van der Waals surface area contributed by atoms with Gasteiger partial charge in [0.05, 0.1) is 22.9 Å². The van der Waals surface area contributed by atoms with Crippen LogP contribution in [0, 0.1) is 6.92 Å². The van der Waals surface area contributed by atoms with Crippen LogP contribution in [0.15, 0.2) is 60.9 Å². The first-order valence-electron chi connectivity index (χ1n) is 8.86. The third-order valence-electron chi connectivity index (χ3n) is 4.31. The van der Waals surface area contributed by atoms with Gasteiger partial charge in [-0.05, 0) is 49.7 Å². The van der Waals surface area contributed by atoms with E-state index in [4.69, 9.17) is 4.98 Å². The van der Waals surface area contributed by atoms with Gasteiger partial charge in [0.2, 0.25) is 0 Å². The molecule has 0 spiro atoms. The number of aromatic nitrogens is 4. The number of pyridine rings is 2. The molecule has 0 bridgehead atoms. The molecule has 4 rings (SSSR count). The van der Waals surface area contributed by atoms with Crippen LogP contribution in [0.4, 0.5) is 11.5 Å². The molecule has 0 unspecified atom stereocenters. The van der Waals surface area contributed by atoms with Gasteiger partial charge >= 0.3 is 0 Å². The quantitative estimate of drug-likeness (QED) is 0.557. The summed E-state index contributed by atoms with van der Waals surface area (Å²) in [4.78, 5) is 13.7. The van der Waals surface area contributed by atoms with Crippen molar-refractivity contribution >= 4 is 22.5 Å². The molecule has 0 radical (unpaired) electrons.